The molecule has 19 heavy (non-hydrogen) atoms. The summed E-state index contributed by atoms with van der Waals surface area (Å²) >= 11 is 0. The molecule has 0 saturated heterocycles. The molecular formula is C14H16N2O3. The monoisotopic (exact) mass is 260 g/mol. The van der Waals surface area contributed by atoms with Crippen molar-refractivity contribution in [1.82, 2.24) is 4.98 Å². The highest BCUT2D eigenvalue weighted by atomic mass is 16.5. The lowest BCUT2D eigenvalue weighted by Gasteiger charge is -2.09. The second kappa shape index (κ2) is 5.56. The molecule has 1 N–H and O–H groups in total. The molecule has 0 aromatic carbocycles. The number of carbonyl (C=O) groups is 1. The fourth-order valence-electron chi connectivity index (χ4n) is 1.81. The molecule has 2 aromatic heterocycles. The molecule has 0 amide bonds. The van der Waals surface area contributed by atoms with Gasteiger partial charge in [0, 0.05) is 17.8 Å². The summed E-state index contributed by atoms with van der Waals surface area (Å²) in [5.41, 5.74) is 3.58. The minimum atomic E-state index is -0.472. The summed E-state index contributed by atoms with van der Waals surface area (Å²) in [6.45, 7) is 4.36. The summed E-state index contributed by atoms with van der Waals surface area (Å²) < 4.78 is 9.78. The van der Waals surface area contributed by atoms with Crippen LogP contribution in [0.2, 0.25) is 0 Å². The van der Waals surface area contributed by atoms with Crippen molar-refractivity contribution >= 4 is 11.7 Å². The summed E-state index contributed by atoms with van der Waals surface area (Å²) in [5, 5.41) is 3.23. The SMILES string of the molecule is COC(=O)c1occc1CNc1ccc(C)nc1C. The van der Waals surface area contributed by atoms with E-state index >= 15 is 0 Å². The molecule has 2 heterocycles. The molecule has 0 atom stereocenters. The first kappa shape index (κ1) is 13.1. The van der Waals surface area contributed by atoms with Gasteiger partial charge in [0.2, 0.25) is 5.76 Å². The molecule has 0 aliphatic rings. The first-order chi connectivity index (χ1) is 9.11. The zero-order valence-electron chi connectivity index (χ0n) is 11.2. The van der Waals surface area contributed by atoms with Crippen LogP contribution in [-0.2, 0) is 11.3 Å². The van der Waals surface area contributed by atoms with E-state index in [1.165, 1.54) is 13.4 Å². The third-order valence-corrected chi connectivity index (χ3v) is 2.81. The van der Waals surface area contributed by atoms with E-state index in [1.54, 1.807) is 6.07 Å². The topological polar surface area (TPSA) is 64.4 Å². The Morgan fingerprint density at radius 1 is 1.37 bits per heavy atom. The first-order valence-electron chi connectivity index (χ1n) is 5.94. The van der Waals surface area contributed by atoms with Gasteiger partial charge in [-0.05, 0) is 32.0 Å². The number of nitrogens with zero attached hydrogens (tertiary/aromatic N) is 1. The smallest absolute Gasteiger partial charge is 0.374 e. The van der Waals surface area contributed by atoms with Crippen molar-refractivity contribution < 1.29 is 13.9 Å². The van der Waals surface area contributed by atoms with E-state index in [1.807, 2.05) is 26.0 Å². The lowest BCUT2D eigenvalue weighted by atomic mass is 10.2. The number of ether oxygens (including phenoxy) is 1. The Bertz CT molecular complexity index is 590. The van der Waals surface area contributed by atoms with Crippen molar-refractivity contribution in [3.8, 4) is 0 Å². The molecule has 0 fully saturated rings. The van der Waals surface area contributed by atoms with Crippen LogP contribution in [0.4, 0.5) is 5.69 Å². The van der Waals surface area contributed by atoms with Crippen molar-refractivity contribution in [2.24, 2.45) is 0 Å². The van der Waals surface area contributed by atoms with Gasteiger partial charge in [-0.25, -0.2) is 4.79 Å². The molecule has 0 radical (unpaired) electrons. The van der Waals surface area contributed by atoms with E-state index < -0.39 is 5.97 Å². The van der Waals surface area contributed by atoms with Crippen LogP contribution in [0.1, 0.15) is 27.5 Å². The van der Waals surface area contributed by atoms with Crippen molar-refractivity contribution in [3.05, 3.63) is 47.2 Å². The largest absolute Gasteiger partial charge is 0.463 e. The average Bonchev–Trinajstić information content (AvgIpc) is 2.85. The summed E-state index contributed by atoms with van der Waals surface area (Å²) in [4.78, 5) is 15.8. The zero-order chi connectivity index (χ0) is 13.8. The molecule has 0 spiro atoms. The quantitative estimate of drug-likeness (QED) is 0.856. The van der Waals surface area contributed by atoms with Crippen LogP contribution in [-0.4, -0.2) is 18.1 Å². The highest BCUT2D eigenvalue weighted by Gasteiger charge is 2.15. The number of anilines is 1. The van der Waals surface area contributed by atoms with Crippen LogP contribution in [0, 0.1) is 13.8 Å². The summed E-state index contributed by atoms with van der Waals surface area (Å²) in [6.07, 6.45) is 1.48. The Hall–Kier alpha value is -2.30. The lowest BCUT2D eigenvalue weighted by molar-refractivity contribution is 0.0563. The molecular weight excluding hydrogens is 244 g/mol. The number of aromatic nitrogens is 1. The van der Waals surface area contributed by atoms with Gasteiger partial charge in [-0.2, -0.15) is 0 Å². The molecule has 0 bridgehead atoms. The zero-order valence-corrected chi connectivity index (χ0v) is 11.2. The van der Waals surface area contributed by atoms with Crippen molar-refractivity contribution in [2.45, 2.75) is 20.4 Å². The van der Waals surface area contributed by atoms with Gasteiger partial charge in [0.15, 0.2) is 0 Å². The number of hydrogen-bond donors (Lipinski definition) is 1. The fraction of sp³-hybridized carbons (Fsp3) is 0.286. The number of methoxy groups -OCH3 is 1. The number of esters is 1. The van der Waals surface area contributed by atoms with Gasteiger partial charge in [0.25, 0.3) is 0 Å². The van der Waals surface area contributed by atoms with Crippen LogP contribution in [0.25, 0.3) is 0 Å². The molecule has 0 aliphatic carbocycles. The second-order valence-electron chi connectivity index (χ2n) is 4.21. The van der Waals surface area contributed by atoms with E-state index in [2.05, 4.69) is 15.0 Å². The van der Waals surface area contributed by atoms with Crippen LogP contribution < -0.4 is 5.32 Å². The second-order valence-corrected chi connectivity index (χ2v) is 4.21. The van der Waals surface area contributed by atoms with Crippen molar-refractivity contribution in [3.63, 3.8) is 0 Å². The highest BCUT2D eigenvalue weighted by Crippen LogP contribution is 2.17. The minimum Gasteiger partial charge on any atom is -0.463 e. The third kappa shape index (κ3) is 2.93. The van der Waals surface area contributed by atoms with Gasteiger partial charge in [0.05, 0.1) is 24.8 Å². The maximum absolute atomic E-state index is 11.5. The Labute approximate surface area is 111 Å². The number of pyridine rings is 1. The highest BCUT2D eigenvalue weighted by molar-refractivity contribution is 5.87. The molecule has 0 unspecified atom stereocenters. The Morgan fingerprint density at radius 3 is 2.84 bits per heavy atom. The molecule has 2 rings (SSSR count). The Kier molecular flexibility index (Phi) is 3.85. The van der Waals surface area contributed by atoms with Gasteiger partial charge in [0.1, 0.15) is 0 Å². The number of aryl methyl sites for hydroxylation is 2. The van der Waals surface area contributed by atoms with Gasteiger partial charge in [-0.1, -0.05) is 0 Å². The number of rotatable bonds is 4. The molecule has 0 aliphatic heterocycles. The van der Waals surface area contributed by atoms with E-state index in [4.69, 9.17) is 4.42 Å². The number of nitrogens with one attached hydrogen (secondary N) is 1. The van der Waals surface area contributed by atoms with E-state index in [9.17, 15) is 4.79 Å². The van der Waals surface area contributed by atoms with E-state index in [0.717, 1.165) is 22.6 Å². The van der Waals surface area contributed by atoms with Crippen molar-refractivity contribution in [2.75, 3.05) is 12.4 Å². The normalized spacial score (nSPS) is 10.3. The van der Waals surface area contributed by atoms with Crippen LogP contribution in [0.15, 0.2) is 28.9 Å². The third-order valence-electron chi connectivity index (χ3n) is 2.81. The minimum absolute atomic E-state index is 0.229. The van der Waals surface area contributed by atoms with Crippen LogP contribution in [0.3, 0.4) is 0 Å². The summed E-state index contributed by atoms with van der Waals surface area (Å²) in [5.74, 6) is -0.242. The number of furan rings is 1. The molecule has 2 aromatic rings. The molecule has 5 heteroatoms. The lowest BCUT2D eigenvalue weighted by Crippen LogP contribution is -2.07. The Balaban J connectivity index is 2.10. The predicted octanol–water partition coefficient (Wildman–Crippen LogP) is 2.69. The maximum Gasteiger partial charge on any atom is 0.374 e. The summed E-state index contributed by atoms with van der Waals surface area (Å²) in [6, 6.07) is 5.65. The standard InChI is InChI=1S/C14H16N2O3/c1-9-4-5-12(10(2)16-9)15-8-11-6-7-19-13(11)14(17)18-3/h4-7,15H,8H2,1-3H3. The van der Waals surface area contributed by atoms with Crippen molar-refractivity contribution in [1.29, 1.82) is 0 Å². The van der Waals surface area contributed by atoms with E-state index in [-0.39, 0.29) is 5.76 Å². The predicted molar refractivity (Wildman–Crippen MR) is 71.1 cm³/mol. The van der Waals surface area contributed by atoms with E-state index in [0.29, 0.717) is 6.54 Å². The molecule has 0 saturated carbocycles. The fourth-order valence-corrected chi connectivity index (χ4v) is 1.81. The first-order valence-corrected chi connectivity index (χ1v) is 5.94. The van der Waals surface area contributed by atoms with Crippen LogP contribution >= 0.6 is 0 Å². The number of carbonyl (C=O) groups excluding carboxylic acids is 1. The van der Waals surface area contributed by atoms with Gasteiger partial charge in [-0.15, -0.1) is 0 Å². The summed E-state index contributed by atoms with van der Waals surface area (Å²) in [7, 11) is 1.33. The van der Waals surface area contributed by atoms with Crippen LogP contribution in [0.5, 0.6) is 0 Å². The maximum atomic E-state index is 11.5. The van der Waals surface area contributed by atoms with Gasteiger partial charge >= 0.3 is 5.97 Å². The number of hydrogen-bond acceptors (Lipinski definition) is 5. The molecule has 5 nitrogen and oxygen atoms in total. The van der Waals surface area contributed by atoms with Gasteiger partial charge in [-0.3, -0.25) is 4.98 Å². The Morgan fingerprint density at radius 2 is 2.16 bits per heavy atom. The van der Waals surface area contributed by atoms with Gasteiger partial charge < -0.3 is 14.5 Å². The average molecular weight is 260 g/mol. The molecule has 100 valence electrons.